The van der Waals surface area contributed by atoms with Gasteiger partial charge < -0.3 is 9.04 Å². The number of hydrogen-bond donors (Lipinski definition) is 1. The second kappa shape index (κ2) is 6.64. The Labute approximate surface area is 86.7 Å². The van der Waals surface area contributed by atoms with Crippen molar-refractivity contribution in [3.8, 4) is 0 Å². The lowest BCUT2D eigenvalue weighted by Crippen LogP contribution is -2.27. The fraction of sp³-hybridized carbons (Fsp3) is 1.00. The number of thiol groups is 1. The van der Waals surface area contributed by atoms with Gasteiger partial charge in [-0.3, -0.25) is 0 Å². The minimum Gasteiger partial charge on any atom is -0.748 e. The maximum absolute atomic E-state index is 9.80. The highest BCUT2D eigenvalue weighted by Crippen LogP contribution is 1.88. The fourth-order valence-corrected chi connectivity index (χ4v) is 1.11. The first-order chi connectivity index (χ1) is 5.56. The topological polar surface area (TPSA) is 57.2 Å². The van der Waals surface area contributed by atoms with Gasteiger partial charge in [-0.2, -0.15) is 12.6 Å². The molecule has 0 spiro atoms. The number of nitrogens with zero attached hydrogens (tertiary/aromatic N) is 1. The molecule has 0 radical (unpaired) electrons. The Morgan fingerprint density at radius 1 is 1.23 bits per heavy atom. The molecular formula is C7H19NO3S2. The van der Waals surface area contributed by atoms with Gasteiger partial charge in [-0.05, 0) is 12.2 Å². The molecule has 0 unspecified atom stereocenters. The summed E-state index contributed by atoms with van der Waals surface area (Å²) in [5, 5.41) is 0. The Bertz CT molecular complexity index is 200. The second-order valence-electron chi connectivity index (χ2n) is 4.02. The van der Waals surface area contributed by atoms with Crippen LogP contribution in [-0.4, -0.2) is 57.1 Å². The van der Waals surface area contributed by atoms with E-state index in [0.29, 0.717) is 12.2 Å². The van der Waals surface area contributed by atoms with Crippen molar-refractivity contribution in [2.24, 2.45) is 0 Å². The summed E-state index contributed by atoms with van der Waals surface area (Å²) >= 11 is 3.73. The van der Waals surface area contributed by atoms with Crippen LogP contribution in [-0.2, 0) is 10.1 Å². The van der Waals surface area contributed by atoms with Gasteiger partial charge in [-0.15, -0.1) is 0 Å². The fourth-order valence-electron chi connectivity index (χ4n) is 0.241. The van der Waals surface area contributed by atoms with Crippen molar-refractivity contribution in [1.82, 2.24) is 0 Å². The molecule has 0 aliphatic rings. The summed E-state index contributed by atoms with van der Waals surface area (Å²) < 4.78 is 30.4. The van der Waals surface area contributed by atoms with Crippen molar-refractivity contribution in [2.75, 3.05) is 39.7 Å². The Balaban J connectivity index is 0. The predicted molar refractivity (Wildman–Crippen MR) is 57.0 cm³/mol. The largest absolute Gasteiger partial charge is 0.748 e. The lowest BCUT2D eigenvalue weighted by atomic mass is 10.6. The first kappa shape index (κ1) is 15.7. The van der Waals surface area contributed by atoms with Gasteiger partial charge in [-0.25, -0.2) is 8.42 Å². The zero-order valence-corrected chi connectivity index (χ0v) is 10.4. The van der Waals surface area contributed by atoms with Gasteiger partial charge in [0.05, 0.1) is 38.3 Å². The van der Waals surface area contributed by atoms with Crippen molar-refractivity contribution >= 4 is 22.7 Å². The predicted octanol–water partition coefficient (Wildman–Crippen LogP) is 0.174. The molecule has 0 heterocycles. The molecule has 0 aliphatic heterocycles. The normalized spacial score (nSPS) is 11.8. The zero-order valence-electron chi connectivity index (χ0n) is 8.65. The quantitative estimate of drug-likeness (QED) is 0.426. The smallest absolute Gasteiger partial charge is 0.0946 e. The molecule has 4 nitrogen and oxygen atoms in total. The Morgan fingerprint density at radius 2 is 1.54 bits per heavy atom. The van der Waals surface area contributed by atoms with Gasteiger partial charge in [0.2, 0.25) is 0 Å². The van der Waals surface area contributed by atoms with Crippen molar-refractivity contribution in [3.63, 3.8) is 0 Å². The van der Waals surface area contributed by atoms with Gasteiger partial charge in [0.1, 0.15) is 0 Å². The van der Waals surface area contributed by atoms with Crippen molar-refractivity contribution < 1.29 is 17.5 Å². The summed E-state index contributed by atoms with van der Waals surface area (Å²) in [6.45, 7) is 0. The molecule has 0 aromatic carbocycles. The first-order valence-electron chi connectivity index (χ1n) is 3.89. The molecule has 0 saturated heterocycles. The molecule has 0 saturated carbocycles. The van der Waals surface area contributed by atoms with Crippen LogP contribution >= 0.6 is 12.6 Å². The van der Waals surface area contributed by atoms with E-state index in [-0.39, 0.29) is 5.75 Å². The van der Waals surface area contributed by atoms with E-state index in [1.807, 2.05) is 0 Å². The van der Waals surface area contributed by atoms with Crippen LogP contribution in [0.3, 0.4) is 0 Å². The molecule has 0 atom stereocenters. The third-order valence-electron chi connectivity index (χ3n) is 0.552. The second-order valence-corrected chi connectivity index (χ2v) is 5.99. The maximum atomic E-state index is 9.80. The van der Waals surface area contributed by atoms with Crippen LogP contribution in [0.15, 0.2) is 0 Å². The van der Waals surface area contributed by atoms with Crippen LogP contribution in [0.5, 0.6) is 0 Å². The van der Waals surface area contributed by atoms with E-state index in [0.717, 1.165) is 4.48 Å². The van der Waals surface area contributed by atoms with Gasteiger partial charge in [0.15, 0.2) is 0 Å². The number of hydrogen-bond acceptors (Lipinski definition) is 4. The van der Waals surface area contributed by atoms with E-state index in [9.17, 15) is 13.0 Å². The highest BCUT2D eigenvalue weighted by atomic mass is 32.2. The number of quaternary nitrogens is 1. The Hall–Kier alpha value is 0.220. The summed E-state index contributed by atoms with van der Waals surface area (Å²) in [6, 6.07) is 0. The first-order valence-corrected chi connectivity index (χ1v) is 6.10. The molecule has 6 heteroatoms. The molecular weight excluding hydrogens is 210 g/mol. The Morgan fingerprint density at radius 3 is 1.62 bits per heavy atom. The zero-order chi connectivity index (χ0) is 11.1. The van der Waals surface area contributed by atoms with E-state index in [4.69, 9.17) is 0 Å². The maximum Gasteiger partial charge on any atom is 0.0946 e. The van der Waals surface area contributed by atoms with E-state index in [2.05, 4.69) is 40.8 Å². The highest BCUT2D eigenvalue weighted by Gasteiger charge is 1.90. The molecule has 0 aromatic heterocycles. The molecule has 0 aliphatic carbocycles. The van der Waals surface area contributed by atoms with Crippen LogP contribution in [0, 0.1) is 0 Å². The summed E-state index contributed by atoms with van der Waals surface area (Å²) in [5.74, 6) is 0.151. The summed E-state index contributed by atoms with van der Waals surface area (Å²) in [5.41, 5.74) is 0. The van der Waals surface area contributed by atoms with Gasteiger partial charge in [0, 0.05) is 5.75 Å². The standard InChI is InChI=1S/C4H12N.C3H8O3S2/c1-5(2,3)4;4-8(5,6)3-1-2-7/h1-4H3;7H,1-3H2,(H,4,5,6)/q+1;/p-1. The van der Waals surface area contributed by atoms with Gasteiger partial charge in [-0.1, -0.05) is 0 Å². The molecule has 0 aromatic rings. The van der Waals surface area contributed by atoms with Crippen LogP contribution < -0.4 is 0 Å². The lowest BCUT2D eigenvalue weighted by molar-refractivity contribution is -0.849. The minimum absolute atomic E-state index is 0.295. The third-order valence-corrected chi connectivity index (χ3v) is 1.66. The molecule has 0 amide bonds. The average Bonchev–Trinajstić information content (AvgIpc) is 1.77. The molecule has 0 rings (SSSR count). The van der Waals surface area contributed by atoms with Crippen LogP contribution in [0.2, 0.25) is 0 Å². The van der Waals surface area contributed by atoms with Crippen LogP contribution in [0.1, 0.15) is 6.42 Å². The van der Waals surface area contributed by atoms with Crippen LogP contribution in [0.25, 0.3) is 0 Å². The molecule has 13 heavy (non-hydrogen) atoms. The Kier molecular flexibility index (Phi) is 8.01. The van der Waals surface area contributed by atoms with Crippen molar-refractivity contribution in [2.45, 2.75) is 6.42 Å². The third kappa shape index (κ3) is 46.8. The van der Waals surface area contributed by atoms with E-state index >= 15 is 0 Å². The minimum atomic E-state index is -3.99. The molecule has 0 bridgehead atoms. The molecule has 0 fully saturated rings. The van der Waals surface area contributed by atoms with E-state index in [1.165, 1.54) is 0 Å². The summed E-state index contributed by atoms with van der Waals surface area (Å²) in [7, 11) is 4.51. The number of rotatable bonds is 3. The monoisotopic (exact) mass is 229 g/mol. The van der Waals surface area contributed by atoms with Crippen LogP contribution in [0.4, 0.5) is 0 Å². The average molecular weight is 229 g/mol. The van der Waals surface area contributed by atoms with Gasteiger partial charge >= 0.3 is 0 Å². The van der Waals surface area contributed by atoms with E-state index < -0.39 is 10.1 Å². The highest BCUT2D eigenvalue weighted by molar-refractivity contribution is 7.85. The van der Waals surface area contributed by atoms with Crippen molar-refractivity contribution in [3.05, 3.63) is 0 Å². The molecule has 82 valence electrons. The summed E-state index contributed by atoms with van der Waals surface area (Å²) in [4.78, 5) is 0. The van der Waals surface area contributed by atoms with E-state index in [1.54, 1.807) is 0 Å². The van der Waals surface area contributed by atoms with Gasteiger partial charge in [0.25, 0.3) is 0 Å². The lowest BCUT2D eigenvalue weighted by Gasteiger charge is -2.14. The van der Waals surface area contributed by atoms with Crippen molar-refractivity contribution in [1.29, 1.82) is 0 Å². The molecule has 0 N–H and O–H groups in total. The summed E-state index contributed by atoms with van der Waals surface area (Å²) in [6.07, 6.45) is 0.342. The SMILES string of the molecule is C[N+](C)(C)C.O=S(=O)([O-])CCCS.